The van der Waals surface area contributed by atoms with Crippen LogP contribution in [0.25, 0.3) is 11.3 Å². The Morgan fingerprint density at radius 1 is 1.06 bits per heavy atom. The highest BCUT2D eigenvalue weighted by Crippen LogP contribution is 2.34. The summed E-state index contributed by atoms with van der Waals surface area (Å²) in [4.78, 5) is 43.7. The molecule has 0 aliphatic carbocycles. The van der Waals surface area contributed by atoms with E-state index in [1.54, 1.807) is 18.2 Å². The zero-order chi connectivity index (χ0) is 25.7. The zero-order valence-electron chi connectivity index (χ0n) is 18.8. The number of amides is 4. The molecule has 5 rings (SSSR count). The molecule has 0 saturated carbocycles. The maximum Gasteiger partial charge on any atom is 0.416 e. The van der Waals surface area contributed by atoms with E-state index in [9.17, 15) is 27.6 Å². The molecule has 184 valence electrons. The average molecular weight is 496 g/mol. The van der Waals surface area contributed by atoms with Crippen LogP contribution in [0.15, 0.2) is 60.8 Å². The minimum atomic E-state index is -4.52. The predicted molar refractivity (Wildman–Crippen MR) is 121 cm³/mol. The molecule has 2 aromatic carbocycles. The van der Waals surface area contributed by atoms with Crippen LogP contribution in [0.3, 0.4) is 0 Å². The lowest BCUT2D eigenvalue weighted by Gasteiger charge is -2.31. The SMILES string of the molecule is COc1ccc2c(c1)C(=O)N(C[C@@]1(c3ccc(-c4cc(C(F)(F)F)ccn4)cc3)NC(=O)NC1=O)C2. The molecule has 3 heterocycles. The van der Waals surface area contributed by atoms with Crippen molar-refractivity contribution in [2.75, 3.05) is 13.7 Å². The number of hydrogen-bond acceptors (Lipinski definition) is 5. The summed E-state index contributed by atoms with van der Waals surface area (Å²) in [7, 11) is 1.49. The number of imide groups is 1. The van der Waals surface area contributed by atoms with Crippen LogP contribution in [0, 0.1) is 0 Å². The van der Waals surface area contributed by atoms with Crippen molar-refractivity contribution in [3.63, 3.8) is 0 Å². The summed E-state index contributed by atoms with van der Waals surface area (Å²) in [6.45, 7) is 0.0802. The number of carbonyl (C=O) groups excluding carboxylic acids is 3. The van der Waals surface area contributed by atoms with Crippen LogP contribution in [-0.2, 0) is 23.1 Å². The fourth-order valence-electron chi connectivity index (χ4n) is 4.47. The summed E-state index contributed by atoms with van der Waals surface area (Å²) in [6, 6.07) is 12.3. The second-order valence-electron chi connectivity index (χ2n) is 8.50. The minimum absolute atomic E-state index is 0.101. The van der Waals surface area contributed by atoms with Crippen LogP contribution >= 0.6 is 0 Å². The Hall–Kier alpha value is -4.41. The Bertz CT molecular complexity index is 1390. The lowest BCUT2D eigenvalue weighted by atomic mass is 9.88. The van der Waals surface area contributed by atoms with Crippen molar-refractivity contribution in [1.29, 1.82) is 0 Å². The number of pyridine rings is 1. The van der Waals surface area contributed by atoms with E-state index in [1.807, 2.05) is 0 Å². The summed E-state index contributed by atoms with van der Waals surface area (Å²) in [5, 5.41) is 4.86. The first-order valence-electron chi connectivity index (χ1n) is 10.8. The first-order chi connectivity index (χ1) is 17.1. The van der Waals surface area contributed by atoms with Gasteiger partial charge >= 0.3 is 12.2 Å². The molecule has 0 spiro atoms. The molecule has 0 unspecified atom stereocenters. The van der Waals surface area contributed by atoms with Gasteiger partial charge in [0.2, 0.25) is 0 Å². The van der Waals surface area contributed by atoms with E-state index >= 15 is 0 Å². The number of hydrogen-bond donors (Lipinski definition) is 2. The quantitative estimate of drug-likeness (QED) is 0.527. The van der Waals surface area contributed by atoms with Crippen molar-refractivity contribution in [2.45, 2.75) is 18.3 Å². The van der Waals surface area contributed by atoms with Crippen molar-refractivity contribution < 1.29 is 32.3 Å². The Labute approximate surface area is 203 Å². The van der Waals surface area contributed by atoms with Gasteiger partial charge in [-0.05, 0) is 35.4 Å². The van der Waals surface area contributed by atoms with Gasteiger partial charge in [0, 0.05) is 23.9 Å². The number of carbonyl (C=O) groups is 3. The standard InChI is InChI=1S/C25H19F3N4O4/c1-36-18-7-4-15-12-32(21(33)19(15)11-18)13-24(22(34)30-23(35)31-24)16-5-2-14(3-6-16)20-10-17(8-9-29-20)25(26,27)28/h2-11H,12-13H2,1H3,(H2,30,31,34,35)/t24-/m0/s1. The number of fused-ring (bicyclic) bond motifs is 1. The van der Waals surface area contributed by atoms with Gasteiger partial charge in [-0.2, -0.15) is 13.2 Å². The van der Waals surface area contributed by atoms with Crippen LogP contribution in [0.5, 0.6) is 5.75 Å². The van der Waals surface area contributed by atoms with Crippen LogP contribution in [-0.4, -0.2) is 41.4 Å². The molecule has 1 saturated heterocycles. The van der Waals surface area contributed by atoms with Crippen LogP contribution in [0.4, 0.5) is 18.0 Å². The van der Waals surface area contributed by atoms with Crippen molar-refractivity contribution in [3.8, 4) is 17.0 Å². The van der Waals surface area contributed by atoms with Gasteiger partial charge in [-0.1, -0.05) is 30.3 Å². The largest absolute Gasteiger partial charge is 0.497 e. The molecule has 3 aromatic rings. The molecule has 1 atom stereocenters. The number of urea groups is 1. The molecule has 0 bridgehead atoms. The molecule has 4 amide bonds. The molecular weight excluding hydrogens is 477 g/mol. The van der Waals surface area contributed by atoms with E-state index in [2.05, 4.69) is 15.6 Å². The van der Waals surface area contributed by atoms with E-state index in [0.717, 1.165) is 23.9 Å². The number of alkyl halides is 3. The van der Waals surface area contributed by atoms with Crippen molar-refractivity contribution >= 4 is 17.8 Å². The van der Waals surface area contributed by atoms with E-state index in [0.29, 0.717) is 22.4 Å². The van der Waals surface area contributed by atoms with Crippen molar-refractivity contribution in [1.82, 2.24) is 20.5 Å². The maximum atomic E-state index is 13.1. The van der Waals surface area contributed by atoms with Gasteiger partial charge in [0.15, 0.2) is 5.54 Å². The molecule has 1 fully saturated rings. The first kappa shape index (κ1) is 23.3. The van der Waals surface area contributed by atoms with Gasteiger partial charge in [0.05, 0.1) is 24.9 Å². The number of benzene rings is 2. The summed E-state index contributed by atoms with van der Waals surface area (Å²) in [6.07, 6.45) is -3.44. The smallest absolute Gasteiger partial charge is 0.416 e. The second kappa shape index (κ2) is 8.36. The van der Waals surface area contributed by atoms with E-state index in [-0.39, 0.29) is 24.7 Å². The van der Waals surface area contributed by atoms with E-state index in [1.165, 1.54) is 36.3 Å². The number of ether oxygens (including phenoxy) is 1. The van der Waals surface area contributed by atoms with Gasteiger partial charge in [0.25, 0.3) is 11.8 Å². The molecule has 0 radical (unpaired) electrons. The lowest BCUT2D eigenvalue weighted by molar-refractivity contribution is -0.137. The summed E-state index contributed by atoms with van der Waals surface area (Å²) in [5.41, 5.74) is -0.363. The fraction of sp³-hybridized carbons (Fsp3) is 0.200. The summed E-state index contributed by atoms with van der Waals surface area (Å²) >= 11 is 0. The third-order valence-corrected chi connectivity index (χ3v) is 6.33. The van der Waals surface area contributed by atoms with Crippen molar-refractivity contribution in [3.05, 3.63) is 83.0 Å². The number of nitrogens with zero attached hydrogens (tertiary/aromatic N) is 2. The molecule has 11 heteroatoms. The molecule has 8 nitrogen and oxygen atoms in total. The topological polar surface area (TPSA) is 101 Å². The highest BCUT2D eigenvalue weighted by atomic mass is 19.4. The maximum absolute atomic E-state index is 13.1. The van der Waals surface area contributed by atoms with E-state index < -0.39 is 29.2 Å². The molecule has 1 aromatic heterocycles. The normalized spacial score (nSPS) is 19.2. The van der Waals surface area contributed by atoms with Gasteiger partial charge < -0.3 is 15.0 Å². The summed E-state index contributed by atoms with van der Waals surface area (Å²) in [5.74, 6) is -0.440. The lowest BCUT2D eigenvalue weighted by Crippen LogP contribution is -2.52. The highest BCUT2D eigenvalue weighted by Gasteiger charge is 2.50. The number of aromatic nitrogens is 1. The number of methoxy groups -OCH3 is 1. The highest BCUT2D eigenvalue weighted by molar-refractivity contribution is 6.08. The zero-order valence-corrected chi connectivity index (χ0v) is 18.8. The van der Waals surface area contributed by atoms with E-state index in [4.69, 9.17) is 4.74 Å². The Kier molecular flexibility index (Phi) is 5.42. The third kappa shape index (κ3) is 3.92. The van der Waals surface area contributed by atoms with Gasteiger partial charge in [-0.15, -0.1) is 0 Å². The van der Waals surface area contributed by atoms with Crippen LogP contribution < -0.4 is 15.4 Å². The Morgan fingerprint density at radius 3 is 2.44 bits per heavy atom. The fourth-order valence-corrected chi connectivity index (χ4v) is 4.47. The Balaban J connectivity index is 1.47. The number of nitrogens with one attached hydrogen (secondary N) is 2. The van der Waals surface area contributed by atoms with Gasteiger partial charge in [0.1, 0.15) is 5.75 Å². The number of rotatable bonds is 5. The van der Waals surface area contributed by atoms with Crippen molar-refractivity contribution in [2.24, 2.45) is 0 Å². The van der Waals surface area contributed by atoms with Crippen LogP contribution in [0.2, 0.25) is 0 Å². The van der Waals surface area contributed by atoms with Gasteiger partial charge in [-0.25, -0.2) is 4.79 Å². The van der Waals surface area contributed by atoms with Gasteiger partial charge in [-0.3, -0.25) is 19.9 Å². The monoisotopic (exact) mass is 496 g/mol. The molecule has 36 heavy (non-hydrogen) atoms. The predicted octanol–water partition coefficient (Wildman–Crippen LogP) is 3.47. The summed E-state index contributed by atoms with van der Waals surface area (Å²) < 4.78 is 44.5. The van der Waals surface area contributed by atoms with Crippen LogP contribution in [0.1, 0.15) is 27.0 Å². The second-order valence-corrected chi connectivity index (χ2v) is 8.50. The Morgan fingerprint density at radius 2 is 1.81 bits per heavy atom. The number of halogens is 3. The molecule has 2 N–H and O–H groups in total. The molecular formula is C25H19F3N4O4. The first-order valence-corrected chi connectivity index (χ1v) is 10.8. The molecule has 2 aliphatic rings. The average Bonchev–Trinajstić information content (AvgIpc) is 3.33. The molecule has 2 aliphatic heterocycles. The third-order valence-electron chi connectivity index (χ3n) is 6.33. The minimum Gasteiger partial charge on any atom is -0.497 e.